The first-order valence-corrected chi connectivity index (χ1v) is 5.53. The Morgan fingerprint density at radius 2 is 2.47 bits per heavy atom. The van der Waals surface area contributed by atoms with Gasteiger partial charge in [0.25, 0.3) is 0 Å². The van der Waals surface area contributed by atoms with E-state index in [4.69, 9.17) is 5.26 Å². The Kier molecular flexibility index (Phi) is 5.56. The first kappa shape index (κ1) is 11.8. The molecule has 0 spiro atoms. The first-order chi connectivity index (χ1) is 7.38. The topological polar surface area (TPSA) is 63.4 Å². The van der Waals surface area contributed by atoms with Crippen molar-refractivity contribution in [3.8, 4) is 6.19 Å². The zero-order valence-corrected chi connectivity index (χ0v) is 9.29. The second kappa shape index (κ2) is 7.07. The summed E-state index contributed by atoms with van der Waals surface area (Å²) >= 11 is 0. The van der Waals surface area contributed by atoms with Crippen molar-refractivity contribution in [2.24, 2.45) is 4.99 Å². The van der Waals surface area contributed by atoms with Gasteiger partial charge in [0.2, 0.25) is 5.96 Å². The van der Waals surface area contributed by atoms with E-state index in [1.807, 2.05) is 6.19 Å². The lowest BCUT2D eigenvalue weighted by Crippen LogP contribution is -2.43. The Morgan fingerprint density at radius 3 is 3.20 bits per heavy atom. The Morgan fingerprint density at radius 1 is 1.60 bits per heavy atom. The molecule has 2 N–H and O–H groups in total. The lowest BCUT2D eigenvalue weighted by atomic mass is 10.3. The molecular weight excluding hydrogens is 190 g/mol. The molecule has 0 unspecified atom stereocenters. The number of nitriles is 1. The third kappa shape index (κ3) is 4.17. The van der Waals surface area contributed by atoms with Crippen molar-refractivity contribution in [2.75, 3.05) is 32.7 Å². The Balaban J connectivity index is 2.29. The molecule has 0 fully saturated rings. The highest BCUT2D eigenvalue weighted by Gasteiger charge is 2.13. The van der Waals surface area contributed by atoms with E-state index in [2.05, 4.69) is 27.4 Å². The smallest absolute Gasteiger partial charge is 0.207 e. The summed E-state index contributed by atoms with van der Waals surface area (Å²) in [6.07, 6.45) is 4.10. The molecule has 0 saturated carbocycles. The molecule has 1 heterocycles. The SMILES string of the molecule is CCNCCCN1CCCN=C1NC#N. The molecule has 0 aromatic carbocycles. The van der Waals surface area contributed by atoms with Crippen LogP contribution in [0.25, 0.3) is 0 Å². The molecule has 15 heavy (non-hydrogen) atoms. The molecule has 0 atom stereocenters. The van der Waals surface area contributed by atoms with Crippen molar-refractivity contribution in [3.63, 3.8) is 0 Å². The number of aliphatic imine (C=N–C) groups is 1. The summed E-state index contributed by atoms with van der Waals surface area (Å²) in [4.78, 5) is 6.43. The van der Waals surface area contributed by atoms with Gasteiger partial charge in [0.1, 0.15) is 0 Å². The average Bonchev–Trinajstić information content (AvgIpc) is 2.27. The minimum absolute atomic E-state index is 0.736. The molecule has 1 rings (SSSR count). The van der Waals surface area contributed by atoms with E-state index >= 15 is 0 Å². The van der Waals surface area contributed by atoms with Gasteiger partial charge in [-0.3, -0.25) is 10.3 Å². The molecule has 84 valence electrons. The second-order valence-electron chi connectivity index (χ2n) is 3.49. The van der Waals surface area contributed by atoms with Gasteiger partial charge >= 0.3 is 0 Å². The summed E-state index contributed by atoms with van der Waals surface area (Å²) in [7, 11) is 0. The highest BCUT2D eigenvalue weighted by Crippen LogP contribution is 2.01. The summed E-state index contributed by atoms with van der Waals surface area (Å²) in [5.41, 5.74) is 0. The van der Waals surface area contributed by atoms with E-state index in [9.17, 15) is 0 Å². The number of nitrogens with zero attached hydrogens (tertiary/aromatic N) is 3. The van der Waals surface area contributed by atoms with Crippen molar-refractivity contribution in [1.82, 2.24) is 15.5 Å². The van der Waals surface area contributed by atoms with Gasteiger partial charge in [-0.2, -0.15) is 5.26 Å². The van der Waals surface area contributed by atoms with Crippen LogP contribution in [0.1, 0.15) is 19.8 Å². The molecular formula is C10H19N5. The monoisotopic (exact) mass is 209 g/mol. The van der Waals surface area contributed by atoms with Crippen LogP contribution < -0.4 is 10.6 Å². The minimum Gasteiger partial charge on any atom is -0.342 e. The fourth-order valence-corrected chi connectivity index (χ4v) is 1.61. The van der Waals surface area contributed by atoms with E-state index in [1.165, 1.54) is 0 Å². The maximum absolute atomic E-state index is 8.56. The molecule has 1 aliphatic rings. The van der Waals surface area contributed by atoms with Crippen molar-refractivity contribution in [2.45, 2.75) is 19.8 Å². The van der Waals surface area contributed by atoms with Gasteiger partial charge in [0.15, 0.2) is 6.19 Å². The van der Waals surface area contributed by atoms with E-state index in [-0.39, 0.29) is 0 Å². The van der Waals surface area contributed by atoms with Crippen molar-refractivity contribution in [3.05, 3.63) is 0 Å². The van der Waals surface area contributed by atoms with Gasteiger partial charge in [0.05, 0.1) is 0 Å². The zero-order valence-electron chi connectivity index (χ0n) is 9.29. The van der Waals surface area contributed by atoms with Crippen LogP contribution in [-0.2, 0) is 0 Å². The van der Waals surface area contributed by atoms with Gasteiger partial charge in [-0.15, -0.1) is 0 Å². The highest BCUT2D eigenvalue weighted by atomic mass is 15.3. The Bertz CT molecular complexity index is 243. The summed E-state index contributed by atoms with van der Waals surface area (Å²) in [5.74, 6) is 0.736. The van der Waals surface area contributed by atoms with Crippen molar-refractivity contribution < 1.29 is 0 Å². The van der Waals surface area contributed by atoms with Crippen molar-refractivity contribution >= 4 is 5.96 Å². The van der Waals surface area contributed by atoms with E-state index in [0.717, 1.165) is 51.5 Å². The molecule has 0 saturated heterocycles. The molecule has 0 amide bonds. The third-order valence-corrected chi connectivity index (χ3v) is 2.35. The molecule has 5 nitrogen and oxygen atoms in total. The van der Waals surface area contributed by atoms with Crippen molar-refractivity contribution in [1.29, 1.82) is 5.26 Å². The van der Waals surface area contributed by atoms with Gasteiger partial charge in [-0.05, 0) is 25.9 Å². The molecule has 0 radical (unpaired) electrons. The van der Waals surface area contributed by atoms with Gasteiger partial charge in [-0.1, -0.05) is 6.92 Å². The number of guanidine groups is 1. The fourth-order valence-electron chi connectivity index (χ4n) is 1.61. The lowest BCUT2D eigenvalue weighted by Gasteiger charge is -2.27. The van der Waals surface area contributed by atoms with Gasteiger partial charge in [-0.25, -0.2) is 0 Å². The number of rotatable bonds is 5. The fraction of sp³-hybridized carbons (Fsp3) is 0.800. The average molecular weight is 209 g/mol. The number of nitrogens with one attached hydrogen (secondary N) is 2. The third-order valence-electron chi connectivity index (χ3n) is 2.35. The second-order valence-corrected chi connectivity index (χ2v) is 3.49. The van der Waals surface area contributed by atoms with Crippen LogP contribution in [0, 0.1) is 11.5 Å². The normalized spacial score (nSPS) is 15.7. The van der Waals surface area contributed by atoms with E-state index in [1.54, 1.807) is 0 Å². The summed E-state index contributed by atoms with van der Waals surface area (Å²) < 4.78 is 0. The van der Waals surface area contributed by atoms with Crippen LogP contribution in [0.5, 0.6) is 0 Å². The summed E-state index contributed by atoms with van der Waals surface area (Å²) in [6.45, 7) is 6.92. The first-order valence-electron chi connectivity index (χ1n) is 5.53. The van der Waals surface area contributed by atoms with Crippen LogP contribution in [0.2, 0.25) is 0 Å². The molecule has 0 aromatic heterocycles. The van der Waals surface area contributed by atoms with Gasteiger partial charge in [0, 0.05) is 19.6 Å². The molecule has 0 aliphatic carbocycles. The molecule has 5 heteroatoms. The number of hydrogen-bond donors (Lipinski definition) is 2. The van der Waals surface area contributed by atoms with Crippen LogP contribution in [0.4, 0.5) is 0 Å². The Labute approximate surface area is 91.2 Å². The van der Waals surface area contributed by atoms with Crippen LogP contribution in [0.15, 0.2) is 4.99 Å². The quantitative estimate of drug-likeness (QED) is 0.383. The zero-order chi connectivity index (χ0) is 10.9. The minimum atomic E-state index is 0.736. The largest absolute Gasteiger partial charge is 0.342 e. The molecule has 1 aliphatic heterocycles. The Hall–Kier alpha value is -1.28. The summed E-state index contributed by atoms with van der Waals surface area (Å²) in [5, 5.41) is 14.5. The summed E-state index contributed by atoms with van der Waals surface area (Å²) in [6, 6.07) is 0. The van der Waals surface area contributed by atoms with Crippen LogP contribution in [0.3, 0.4) is 0 Å². The predicted molar refractivity (Wildman–Crippen MR) is 60.4 cm³/mol. The lowest BCUT2D eigenvalue weighted by molar-refractivity contribution is 0.375. The molecule has 0 bridgehead atoms. The van der Waals surface area contributed by atoms with E-state index in [0.29, 0.717) is 0 Å². The van der Waals surface area contributed by atoms with Gasteiger partial charge < -0.3 is 10.2 Å². The molecule has 0 aromatic rings. The maximum atomic E-state index is 8.56. The number of hydrogen-bond acceptors (Lipinski definition) is 5. The highest BCUT2D eigenvalue weighted by molar-refractivity contribution is 5.81. The van der Waals surface area contributed by atoms with Crippen LogP contribution in [-0.4, -0.2) is 43.6 Å². The predicted octanol–water partition coefficient (Wildman–Crippen LogP) is 0.118. The van der Waals surface area contributed by atoms with E-state index < -0.39 is 0 Å². The maximum Gasteiger partial charge on any atom is 0.207 e. The standard InChI is InChI=1S/C10H19N5/c1-2-12-5-3-7-15-8-4-6-13-10(15)14-9-11/h12H,2-8H2,1H3,(H,13,14). The van der Waals surface area contributed by atoms with Crippen LogP contribution >= 0.6 is 0 Å².